The monoisotopic (exact) mass is 303 g/mol. The molecule has 118 valence electrons. The lowest BCUT2D eigenvalue weighted by atomic mass is 9.88. The first-order valence-electron chi connectivity index (χ1n) is 6.67. The molecule has 0 fully saturated rings. The highest BCUT2D eigenvalue weighted by Crippen LogP contribution is 2.28. The average molecular weight is 303 g/mol. The first kappa shape index (κ1) is 17.4. The summed E-state index contributed by atoms with van der Waals surface area (Å²) in [4.78, 5) is 15.4. The van der Waals surface area contributed by atoms with Gasteiger partial charge in [0.2, 0.25) is 0 Å². The molecule has 0 atom stereocenters. The quantitative estimate of drug-likeness (QED) is 0.849. The van der Waals surface area contributed by atoms with Gasteiger partial charge in [-0.3, -0.25) is 9.78 Å². The lowest BCUT2D eigenvalue weighted by Crippen LogP contribution is -2.34. The number of halogens is 3. The van der Waals surface area contributed by atoms with Crippen LogP contribution in [0.1, 0.15) is 42.7 Å². The number of rotatable bonds is 6. The van der Waals surface area contributed by atoms with E-state index in [4.69, 9.17) is 5.73 Å². The number of alkyl halides is 3. The van der Waals surface area contributed by atoms with Crippen LogP contribution in [0.3, 0.4) is 0 Å². The molecule has 1 aromatic heterocycles. The average Bonchev–Trinajstić information content (AvgIpc) is 2.42. The largest absolute Gasteiger partial charge is 0.417 e. The summed E-state index contributed by atoms with van der Waals surface area (Å²) in [6.07, 6.45) is -2.09. The molecular weight excluding hydrogens is 283 g/mol. The number of carbonyl (C=O) groups excluding carboxylic acids is 1. The van der Waals surface area contributed by atoms with Crippen molar-refractivity contribution in [3.8, 4) is 0 Å². The third kappa shape index (κ3) is 5.71. The number of nitrogens with two attached hydrogens (primary N) is 1. The minimum atomic E-state index is -4.45. The van der Waals surface area contributed by atoms with Crippen LogP contribution in [0.4, 0.5) is 13.2 Å². The van der Waals surface area contributed by atoms with E-state index in [1.54, 1.807) is 0 Å². The summed E-state index contributed by atoms with van der Waals surface area (Å²) < 4.78 is 37.2. The Morgan fingerprint density at radius 1 is 1.33 bits per heavy atom. The fourth-order valence-corrected chi connectivity index (χ4v) is 1.77. The topological polar surface area (TPSA) is 68.0 Å². The van der Waals surface area contributed by atoms with Crippen molar-refractivity contribution in [1.82, 2.24) is 10.3 Å². The minimum Gasteiger partial charge on any atom is -0.350 e. The Hall–Kier alpha value is -1.63. The summed E-state index contributed by atoms with van der Waals surface area (Å²) in [5.41, 5.74) is 4.42. The maximum atomic E-state index is 12.4. The van der Waals surface area contributed by atoms with E-state index in [2.05, 4.69) is 10.3 Å². The predicted molar refractivity (Wildman–Crippen MR) is 73.6 cm³/mol. The van der Waals surface area contributed by atoms with E-state index < -0.39 is 17.6 Å². The van der Waals surface area contributed by atoms with Gasteiger partial charge in [0.05, 0.1) is 5.56 Å². The summed E-state index contributed by atoms with van der Waals surface area (Å²) in [6.45, 7) is 4.97. The van der Waals surface area contributed by atoms with Crippen molar-refractivity contribution >= 4 is 5.91 Å². The van der Waals surface area contributed by atoms with E-state index in [9.17, 15) is 18.0 Å². The van der Waals surface area contributed by atoms with Crippen molar-refractivity contribution in [2.24, 2.45) is 11.1 Å². The van der Waals surface area contributed by atoms with Gasteiger partial charge in [0.25, 0.3) is 5.91 Å². The predicted octanol–water partition coefficient (Wildman–Crippen LogP) is 2.60. The molecule has 1 heterocycles. The Morgan fingerprint density at radius 3 is 2.48 bits per heavy atom. The van der Waals surface area contributed by atoms with E-state index in [0.717, 1.165) is 25.0 Å². The van der Waals surface area contributed by atoms with Gasteiger partial charge in [0.15, 0.2) is 0 Å². The number of amides is 1. The van der Waals surface area contributed by atoms with Crippen molar-refractivity contribution in [2.75, 3.05) is 13.1 Å². The molecule has 0 aliphatic rings. The molecule has 0 saturated carbocycles. The van der Waals surface area contributed by atoms with Crippen LogP contribution in [-0.4, -0.2) is 24.0 Å². The molecule has 1 amide bonds. The normalized spacial score (nSPS) is 12.3. The van der Waals surface area contributed by atoms with Crippen LogP contribution in [0.15, 0.2) is 18.3 Å². The number of carbonyl (C=O) groups is 1. The fraction of sp³-hybridized carbons (Fsp3) is 0.571. The zero-order chi connectivity index (χ0) is 16.1. The molecule has 0 aliphatic heterocycles. The Kier molecular flexibility index (Phi) is 5.71. The van der Waals surface area contributed by atoms with Crippen molar-refractivity contribution in [1.29, 1.82) is 0 Å². The number of nitrogens with zero attached hydrogens (tertiary/aromatic N) is 1. The summed E-state index contributed by atoms with van der Waals surface area (Å²) in [7, 11) is 0. The third-order valence-corrected chi connectivity index (χ3v) is 3.11. The Bertz CT molecular complexity index is 469. The molecule has 0 saturated heterocycles. The van der Waals surface area contributed by atoms with Crippen LogP contribution >= 0.6 is 0 Å². The number of pyridine rings is 1. The van der Waals surface area contributed by atoms with Gasteiger partial charge in [0, 0.05) is 12.7 Å². The molecule has 1 rings (SSSR count). The highest BCUT2D eigenvalue weighted by molar-refractivity contribution is 5.92. The Labute approximate surface area is 121 Å². The van der Waals surface area contributed by atoms with Crippen molar-refractivity contribution in [3.05, 3.63) is 29.6 Å². The minimum absolute atomic E-state index is 0.0300. The van der Waals surface area contributed by atoms with E-state index >= 15 is 0 Å². The molecule has 4 nitrogen and oxygen atoms in total. The number of hydrogen-bond donors (Lipinski definition) is 2. The van der Waals surface area contributed by atoms with Crippen LogP contribution in [0.2, 0.25) is 0 Å². The highest BCUT2D eigenvalue weighted by atomic mass is 19.4. The molecule has 0 unspecified atom stereocenters. The molecule has 0 aromatic carbocycles. The first-order valence-corrected chi connectivity index (χ1v) is 6.67. The van der Waals surface area contributed by atoms with Gasteiger partial charge in [-0.05, 0) is 36.9 Å². The van der Waals surface area contributed by atoms with E-state index in [1.165, 1.54) is 0 Å². The van der Waals surface area contributed by atoms with Gasteiger partial charge in [-0.15, -0.1) is 0 Å². The molecular formula is C14H20F3N3O. The zero-order valence-corrected chi connectivity index (χ0v) is 12.1. The molecule has 0 bridgehead atoms. The second-order valence-electron chi connectivity index (χ2n) is 5.67. The molecule has 0 radical (unpaired) electrons. The van der Waals surface area contributed by atoms with Gasteiger partial charge < -0.3 is 11.1 Å². The van der Waals surface area contributed by atoms with Crippen LogP contribution in [-0.2, 0) is 6.18 Å². The molecule has 1 aromatic rings. The Morgan fingerprint density at radius 2 is 2.00 bits per heavy atom. The summed E-state index contributed by atoms with van der Waals surface area (Å²) >= 11 is 0. The van der Waals surface area contributed by atoms with Gasteiger partial charge in [-0.25, -0.2) is 0 Å². The second-order valence-corrected chi connectivity index (χ2v) is 5.67. The standard InChI is InChI=1S/C14H20F3N3O/c1-13(2,6-3-7-18)9-20-12(21)11-5-4-10(8-19-11)14(15,16)17/h4-5,8H,3,6-7,9,18H2,1-2H3,(H,20,21). The molecule has 21 heavy (non-hydrogen) atoms. The SMILES string of the molecule is CC(C)(CCCN)CNC(=O)c1ccc(C(F)(F)F)cn1. The summed E-state index contributed by atoms with van der Waals surface area (Å²) in [5, 5.41) is 2.68. The van der Waals surface area contributed by atoms with E-state index in [1.807, 2.05) is 13.8 Å². The number of nitrogens with one attached hydrogen (secondary N) is 1. The number of hydrogen-bond acceptors (Lipinski definition) is 3. The lowest BCUT2D eigenvalue weighted by Gasteiger charge is -2.24. The molecule has 0 aliphatic carbocycles. The van der Waals surface area contributed by atoms with Crippen molar-refractivity contribution < 1.29 is 18.0 Å². The number of aromatic nitrogens is 1. The summed E-state index contributed by atoms with van der Waals surface area (Å²) in [5.74, 6) is -0.482. The molecule has 3 N–H and O–H groups in total. The van der Waals surface area contributed by atoms with Gasteiger partial charge in [0.1, 0.15) is 5.69 Å². The van der Waals surface area contributed by atoms with Gasteiger partial charge in [-0.2, -0.15) is 13.2 Å². The fourth-order valence-electron chi connectivity index (χ4n) is 1.77. The van der Waals surface area contributed by atoms with E-state index in [-0.39, 0.29) is 11.1 Å². The maximum Gasteiger partial charge on any atom is 0.417 e. The second kappa shape index (κ2) is 6.89. The van der Waals surface area contributed by atoms with E-state index in [0.29, 0.717) is 19.3 Å². The molecule has 0 spiro atoms. The smallest absolute Gasteiger partial charge is 0.350 e. The first-order chi connectivity index (χ1) is 9.65. The van der Waals surface area contributed by atoms with Crippen molar-refractivity contribution in [2.45, 2.75) is 32.9 Å². The van der Waals surface area contributed by atoms with Crippen LogP contribution in [0.5, 0.6) is 0 Å². The van der Waals surface area contributed by atoms with Gasteiger partial charge >= 0.3 is 6.18 Å². The van der Waals surface area contributed by atoms with Crippen molar-refractivity contribution in [3.63, 3.8) is 0 Å². The van der Waals surface area contributed by atoms with Crippen LogP contribution < -0.4 is 11.1 Å². The third-order valence-electron chi connectivity index (χ3n) is 3.11. The highest BCUT2D eigenvalue weighted by Gasteiger charge is 2.31. The molecule has 7 heteroatoms. The van der Waals surface area contributed by atoms with Crippen LogP contribution in [0.25, 0.3) is 0 Å². The zero-order valence-electron chi connectivity index (χ0n) is 12.1. The lowest BCUT2D eigenvalue weighted by molar-refractivity contribution is -0.137. The van der Waals surface area contributed by atoms with Gasteiger partial charge in [-0.1, -0.05) is 13.8 Å². The maximum absolute atomic E-state index is 12.4. The Balaban J connectivity index is 2.60. The summed E-state index contributed by atoms with van der Waals surface area (Å²) in [6, 6.07) is 1.92. The van der Waals surface area contributed by atoms with Crippen LogP contribution in [0, 0.1) is 5.41 Å².